The van der Waals surface area contributed by atoms with Crippen LogP contribution in [-0.4, -0.2) is 20.9 Å². The zero-order chi connectivity index (χ0) is 15.4. The van der Waals surface area contributed by atoms with Gasteiger partial charge < -0.3 is 5.32 Å². The van der Waals surface area contributed by atoms with Crippen molar-refractivity contribution in [2.75, 3.05) is 0 Å². The van der Waals surface area contributed by atoms with Crippen molar-refractivity contribution >= 4 is 17.2 Å². The third kappa shape index (κ3) is 3.23. The molecule has 0 aliphatic carbocycles. The summed E-state index contributed by atoms with van der Waals surface area (Å²) >= 11 is 1.62. The van der Waals surface area contributed by atoms with Gasteiger partial charge in [0.05, 0.1) is 18.8 Å². The predicted octanol–water partition coefficient (Wildman–Crippen LogP) is 2.63. The van der Waals surface area contributed by atoms with Crippen LogP contribution in [-0.2, 0) is 13.1 Å². The van der Waals surface area contributed by atoms with Crippen LogP contribution >= 0.6 is 11.3 Å². The fourth-order valence-corrected chi connectivity index (χ4v) is 2.79. The van der Waals surface area contributed by atoms with Gasteiger partial charge in [-0.05, 0) is 23.9 Å². The van der Waals surface area contributed by atoms with Crippen molar-refractivity contribution in [1.82, 2.24) is 20.3 Å². The molecular weight excluding hydrogens is 296 g/mol. The summed E-state index contributed by atoms with van der Waals surface area (Å²) in [6.45, 7) is 2.99. The Morgan fingerprint density at radius 2 is 2.05 bits per heavy atom. The van der Waals surface area contributed by atoms with Gasteiger partial charge in [0.1, 0.15) is 0 Å². The van der Waals surface area contributed by atoms with E-state index in [1.807, 2.05) is 54.8 Å². The van der Waals surface area contributed by atoms with E-state index in [-0.39, 0.29) is 5.91 Å². The summed E-state index contributed by atoms with van der Waals surface area (Å²) in [6, 6.07) is 13.9. The van der Waals surface area contributed by atoms with Crippen LogP contribution < -0.4 is 5.32 Å². The molecule has 2 aromatic heterocycles. The Bertz CT molecular complexity index is 750. The summed E-state index contributed by atoms with van der Waals surface area (Å²) in [5, 5.41) is 13.0. The maximum absolute atomic E-state index is 12.2. The van der Waals surface area contributed by atoms with E-state index in [1.54, 1.807) is 16.0 Å². The van der Waals surface area contributed by atoms with Gasteiger partial charge in [0.2, 0.25) is 0 Å². The number of carbonyl (C=O) groups excluding carboxylic acids is 1. The van der Waals surface area contributed by atoms with Crippen molar-refractivity contribution in [2.45, 2.75) is 20.0 Å². The maximum atomic E-state index is 12.2. The van der Waals surface area contributed by atoms with Crippen LogP contribution in [0.5, 0.6) is 0 Å². The molecule has 0 aliphatic rings. The molecule has 6 heteroatoms. The Hall–Kier alpha value is -2.47. The fourth-order valence-electron chi connectivity index (χ4n) is 2.14. The van der Waals surface area contributed by atoms with E-state index in [0.29, 0.717) is 18.8 Å². The zero-order valence-corrected chi connectivity index (χ0v) is 13.0. The molecule has 1 amide bonds. The molecule has 22 heavy (non-hydrogen) atoms. The lowest BCUT2D eigenvalue weighted by atomic mass is 10.2. The highest BCUT2D eigenvalue weighted by atomic mass is 32.1. The SMILES string of the molecule is Cc1c(C(=O)NCc2cccs2)nnn1Cc1ccccc1. The lowest BCUT2D eigenvalue weighted by Gasteiger charge is -2.04. The van der Waals surface area contributed by atoms with Crippen molar-refractivity contribution in [3.63, 3.8) is 0 Å². The molecule has 0 fully saturated rings. The average Bonchev–Trinajstić information content (AvgIpc) is 3.17. The van der Waals surface area contributed by atoms with E-state index in [9.17, 15) is 4.79 Å². The van der Waals surface area contributed by atoms with Gasteiger partial charge in [-0.15, -0.1) is 16.4 Å². The number of hydrogen-bond acceptors (Lipinski definition) is 4. The smallest absolute Gasteiger partial charge is 0.274 e. The third-order valence-corrected chi connectivity index (χ3v) is 4.25. The first-order chi connectivity index (χ1) is 10.7. The summed E-state index contributed by atoms with van der Waals surface area (Å²) < 4.78 is 1.75. The Kier molecular flexibility index (Phi) is 4.29. The van der Waals surface area contributed by atoms with Gasteiger partial charge in [-0.2, -0.15) is 0 Å². The summed E-state index contributed by atoms with van der Waals surface area (Å²) in [5.74, 6) is -0.190. The van der Waals surface area contributed by atoms with Gasteiger partial charge in [-0.25, -0.2) is 4.68 Å². The predicted molar refractivity (Wildman–Crippen MR) is 85.8 cm³/mol. The van der Waals surface area contributed by atoms with Crippen molar-refractivity contribution in [1.29, 1.82) is 0 Å². The first kappa shape index (κ1) is 14.5. The number of carbonyl (C=O) groups is 1. The van der Waals surface area contributed by atoms with E-state index < -0.39 is 0 Å². The van der Waals surface area contributed by atoms with E-state index in [1.165, 1.54) is 0 Å². The minimum Gasteiger partial charge on any atom is -0.346 e. The molecule has 3 rings (SSSR count). The van der Waals surface area contributed by atoms with Crippen molar-refractivity contribution in [3.8, 4) is 0 Å². The highest BCUT2D eigenvalue weighted by Crippen LogP contribution is 2.10. The van der Waals surface area contributed by atoms with Crippen molar-refractivity contribution in [2.24, 2.45) is 0 Å². The molecule has 0 spiro atoms. The van der Waals surface area contributed by atoms with Crippen molar-refractivity contribution in [3.05, 3.63) is 69.7 Å². The molecule has 0 saturated carbocycles. The number of hydrogen-bond donors (Lipinski definition) is 1. The topological polar surface area (TPSA) is 59.8 Å². The second-order valence-corrected chi connectivity index (χ2v) is 5.96. The quantitative estimate of drug-likeness (QED) is 0.788. The molecule has 1 N–H and O–H groups in total. The average molecular weight is 312 g/mol. The van der Waals surface area contributed by atoms with Gasteiger partial charge in [-0.3, -0.25) is 4.79 Å². The number of aromatic nitrogens is 3. The van der Waals surface area contributed by atoms with Crippen LogP contribution in [0.25, 0.3) is 0 Å². The van der Waals surface area contributed by atoms with Crippen LogP contribution in [0.2, 0.25) is 0 Å². The molecule has 112 valence electrons. The second kappa shape index (κ2) is 6.53. The van der Waals surface area contributed by atoms with E-state index in [4.69, 9.17) is 0 Å². The highest BCUT2D eigenvalue weighted by Gasteiger charge is 2.16. The first-order valence-corrected chi connectivity index (χ1v) is 7.86. The molecular formula is C16H16N4OS. The lowest BCUT2D eigenvalue weighted by Crippen LogP contribution is -2.23. The largest absolute Gasteiger partial charge is 0.346 e. The maximum Gasteiger partial charge on any atom is 0.274 e. The Morgan fingerprint density at radius 3 is 2.77 bits per heavy atom. The van der Waals surface area contributed by atoms with Crippen LogP contribution in [0.4, 0.5) is 0 Å². The van der Waals surface area contributed by atoms with Crippen LogP contribution in [0.15, 0.2) is 47.8 Å². The minimum atomic E-state index is -0.190. The summed E-state index contributed by atoms with van der Waals surface area (Å²) in [4.78, 5) is 13.3. The van der Waals surface area contributed by atoms with Gasteiger partial charge in [0, 0.05) is 4.88 Å². The van der Waals surface area contributed by atoms with Gasteiger partial charge in [0.15, 0.2) is 5.69 Å². The number of benzene rings is 1. The number of nitrogens with one attached hydrogen (secondary N) is 1. The van der Waals surface area contributed by atoms with Crippen LogP contribution in [0, 0.1) is 6.92 Å². The molecule has 0 unspecified atom stereocenters. The summed E-state index contributed by atoms with van der Waals surface area (Å²) in [5.41, 5.74) is 2.28. The monoisotopic (exact) mass is 312 g/mol. The van der Waals surface area contributed by atoms with Crippen LogP contribution in [0.3, 0.4) is 0 Å². The molecule has 0 radical (unpaired) electrons. The summed E-state index contributed by atoms with van der Waals surface area (Å²) in [6.07, 6.45) is 0. The standard InChI is InChI=1S/C16H16N4OS/c1-12-15(16(21)17-10-14-8-5-9-22-14)18-19-20(12)11-13-6-3-2-4-7-13/h2-9H,10-11H2,1H3,(H,17,21). The fraction of sp³-hybridized carbons (Fsp3) is 0.188. The first-order valence-electron chi connectivity index (χ1n) is 6.98. The molecule has 0 saturated heterocycles. The molecule has 5 nitrogen and oxygen atoms in total. The second-order valence-electron chi connectivity index (χ2n) is 4.93. The highest BCUT2D eigenvalue weighted by molar-refractivity contribution is 7.09. The van der Waals surface area contributed by atoms with E-state index in [2.05, 4.69) is 15.6 Å². The van der Waals surface area contributed by atoms with Crippen molar-refractivity contribution < 1.29 is 4.79 Å². The number of amides is 1. The van der Waals surface area contributed by atoms with Crippen LogP contribution in [0.1, 0.15) is 26.6 Å². The Labute approximate surface area is 132 Å². The van der Waals surface area contributed by atoms with E-state index >= 15 is 0 Å². The third-order valence-electron chi connectivity index (χ3n) is 3.38. The summed E-state index contributed by atoms with van der Waals surface area (Å²) in [7, 11) is 0. The molecule has 0 bridgehead atoms. The van der Waals surface area contributed by atoms with Gasteiger partial charge >= 0.3 is 0 Å². The normalized spacial score (nSPS) is 10.6. The Balaban J connectivity index is 1.68. The van der Waals surface area contributed by atoms with Gasteiger partial charge in [-0.1, -0.05) is 41.6 Å². The van der Waals surface area contributed by atoms with E-state index in [0.717, 1.165) is 16.1 Å². The minimum absolute atomic E-state index is 0.190. The Morgan fingerprint density at radius 1 is 1.23 bits per heavy atom. The number of rotatable bonds is 5. The molecule has 0 atom stereocenters. The van der Waals surface area contributed by atoms with Gasteiger partial charge in [0.25, 0.3) is 5.91 Å². The lowest BCUT2D eigenvalue weighted by molar-refractivity contribution is 0.0945. The zero-order valence-electron chi connectivity index (χ0n) is 12.2. The molecule has 1 aromatic carbocycles. The molecule has 3 aromatic rings. The molecule has 2 heterocycles. The number of thiophene rings is 1. The number of nitrogens with zero attached hydrogens (tertiary/aromatic N) is 3. The molecule has 0 aliphatic heterocycles.